The summed E-state index contributed by atoms with van der Waals surface area (Å²) in [6.45, 7) is 5.59. The Morgan fingerprint density at radius 1 is 1.12 bits per heavy atom. The number of amides is 1. The Balaban J connectivity index is 2.51. The average molecular weight is 381 g/mol. The lowest BCUT2D eigenvalue weighted by Gasteiger charge is -2.24. The predicted octanol–water partition coefficient (Wildman–Crippen LogP) is 3.29. The van der Waals surface area contributed by atoms with Crippen LogP contribution in [0, 0.1) is 13.8 Å². The maximum Gasteiger partial charge on any atom is 0.264 e. The van der Waals surface area contributed by atoms with Crippen molar-refractivity contribution >= 4 is 33.2 Å². The van der Waals surface area contributed by atoms with Crippen LogP contribution in [0.5, 0.6) is 0 Å². The molecule has 0 unspecified atom stereocenters. The molecule has 0 atom stereocenters. The Hall–Kier alpha value is -2.05. The Labute approximate surface area is 153 Å². The fourth-order valence-corrected chi connectivity index (χ4v) is 3.86. The van der Waals surface area contributed by atoms with Crippen molar-refractivity contribution in [2.24, 2.45) is 0 Å². The molecule has 0 aromatic heterocycles. The van der Waals surface area contributed by atoms with Crippen LogP contribution < -0.4 is 9.62 Å². The minimum Gasteiger partial charge on any atom is -0.355 e. The average Bonchev–Trinajstić information content (AvgIpc) is 2.56. The Morgan fingerprint density at radius 2 is 1.76 bits per heavy atom. The molecule has 2 rings (SSSR count). The van der Waals surface area contributed by atoms with E-state index in [0.29, 0.717) is 17.3 Å². The predicted molar refractivity (Wildman–Crippen MR) is 101 cm³/mol. The van der Waals surface area contributed by atoms with Gasteiger partial charge in [-0.25, -0.2) is 8.42 Å². The van der Waals surface area contributed by atoms with E-state index < -0.39 is 10.0 Å². The number of hydrogen-bond acceptors (Lipinski definition) is 3. The van der Waals surface area contributed by atoms with E-state index in [1.165, 1.54) is 12.1 Å². The number of sulfonamides is 1. The SMILES string of the molecule is CCNC(=O)CN(c1ccc(C)c(Cl)c1)S(=O)(=O)c1ccc(C)cc1. The van der Waals surface area contributed by atoms with Gasteiger partial charge in [-0.2, -0.15) is 0 Å². The number of carbonyl (C=O) groups is 1. The van der Waals surface area contributed by atoms with Crippen molar-refractivity contribution in [3.05, 3.63) is 58.6 Å². The van der Waals surface area contributed by atoms with Crippen molar-refractivity contribution in [3.63, 3.8) is 0 Å². The summed E-state index contributed by atoms with van der Waals surface area (Å²) in [5, 5.41) is 3.07. The second-order valence-electron chi connectivity index (χ2n) is 5.71. The summed E-state index contributed by atoms with van der Waals surface area (Å²) in [5.74, 6) is -0.380. The molecule has 2 aromatic rings. The molecule has 0 saturated carbocycles. The maximum absolute atomic E-state index is 13.1. The molecule has 7 heteroatoms. The third-order valence-corrected chi connectivity index (χ3v) is 5.91. The van der Waals surface area contributed by atoms with Crippen molar-refractivity contribution in [2.75, 3.05) is 17.4 Å². The molecule has 0 bridgehead atoms. The highest BCUT2D eigenvalue weighted by Crippen LogP contribution is 2.28. The Bertz CT molecular complexity index is 864. The summed E-state index contributed by atoms with van der Waals surface area (Å²) in [6, 6.07) is 11.4. The fourth-order valence-electron chi connectivity index (χ4n) is 2.27. The zero-order valence-electron chi connectivity index (χ0n) is 14.4. The molecular formula is C18H21ClN2O3S. The van der Waals surface area contributed by atoms with Crippen LogP contribution in [-0.4, -0.2) is 27.4 Å². The van der Waals surface area contributed by atoms with Gasteiger partial charge >= 0.3 is 0 Å². The maximum atomic E-state index is 13.1. The number of carbonyl (C=O) groups excluding carboxylic acids is 1. The van der Waals surface area contributed by atoms with Crippen LogP contribution in [0.3, 0.4) is 0 Å². The molecule has 25 heavy (non-hydrogen) atoms. The van der Waals surface area contributed by atoms with Crippen molar-refractivity contribution in [1.82, 2.24) is 5.32 Å². The first-order valence-corrected chi connectivity index (χ1v) is 9.69. The van der Waals surface area contributed by atoms with E-state index in [2.05, 4.69) is 5.32 Å². The molecule has 2 aromatic carbocycles. The number of nitrogens with zero attached hydrogens (tertiary/aromatic N) is 1. The number of halogens is 1. The van der Waals surface area contributed by atoms with Crippen LogP contribution in [-0.2, 0) is 14.8 Å². The highest BCUT2D eigenvalue weighted by atomic mass is 35.5. The van der Waals surface area contributed by atoms with Crippen LogP contribution in [0.15, 0.2) is 47.4 Å². The van der Waals surface area contributed by atoms with Crippen LogP contribution >= 0.6 is 11.6 Å². The zero-order valence-corrected chi connectivity index (χ0v) is 16.0. The fraction of sp³-hybridized carbons (Fsp3) is 0.278. The summed E-state index contributed by atoms with van der Waals surface area (Å²) in [6.07, 6.45) is 0. The van der Waals surface area contributed by atoms with E-state index in [0.717, 1.165) is 15.4 Å². The standard InChI is InChI=1S/C18H21ClN2O3S/c1-4-20-18(22)12-21(15-8-7-14(3)17(19)11-15)25(23,24)16-9-5-13(2)6-10-16/h5-11H,4,12H2,1-3H3,(H,20,22). The molecule has 0 radical (unpaired) electrons. The lowest BCUT2D eigenvalue weighted by Crippen LogP contribution is -2.40. The first-order chi connectivity index (χ1) is 11.8. The lowest BCUT2D eigenvalue weighted by molar-refractivity contribution is -0.119. The summed E-state index contributed by atoms with van der Waals surface area (Å²) in [4.78, 5) is 12.2. The second kappa shape index (κ2) is 7.89. The van der Waals surface area contributed by atoms with E-state index in [4.69, 9.17) is 11.6 Å². The van der Waals surface area contributed by atoms with Crippen LogP contribution in [0.4, 0.5) is 5.69 Å². The van der Waals surface area contributed by atoms with Crippen LogP contribution in [0.25, 0.3) is 0 Å². The van der Waals surface area contributed by atoms with Gasteiger partial charge in [-0.15, -0.1) is 0 Å². The largest absolute Gasteiger partial charge is 0.355 e. The topological polar surface area (TPSA) is 66.5 Å². The normalized spacial score (nSPS) is 11.2. The molecule has 1 N–H and O–H groups in total. The number of hydrogen-bond donors (Lipinski definition) is 1. The third kappa shape index (κ3) is 4.52. The number of aryl methyl sites for hydroxylation is 2. The Kier molecular flexibility index (Phi) is 6.08. The van der Waals surface area contributed by atoms with Gasteiger partial charge in [-0.05, 0) is 50.6 Å². The summed E-state index contributed by atoms with van der Waals surface area (Å²) in [5.41, 5.74) is 2.13. The van der Waals surface area contributed by atoms with Gasteiger partial charge in [0.05, 0.1) is 10.6 Å². The zero-order chi connectivity index (χ0) is 18.6. The molecule has 0 fully saturated rings. The van der Waals surface area contributed by atoms with Gasteiger partial charge in [0.1, 0.15) is 6.54 Å². The molecule has 0 spiro atoms. The number of anilines is 1. The molecule has 0 aliphatic heterocycles. The van der Waals surface area contributed by atoms with Gasteiger partial charge < -0.3 is 5.32 Å². The summed E-state index contributed by atoms with van der Waals surface area (Å²) in [7, 11) is -3.90. The van der Waals surface area contributed by atoms with Crippen molar-refractivity contribution in [1.29, 1.82) is 0 Å². The van der Waals surface area contributed by atoms with Gasteiger partial charge in [0.25, 0.3) is 10.0 Å². The molecule has 0 aliphatic carbocycles. The quantitative estimate of drug-likeness (QED) is 0.836. The first-order valence-electron chi connectivity index (χ1n) is 7.88. The van der Waals surface area contributed by atoms with E-state index in [-0.39, 0.29) is 17.3 Å². The highest BCUT2D eigenvalue weighted by molar-refractivity contribution is 7.92. The van der Waals surface area contributed by atoms with Crippen LogP contribution in [0.1, 0.15) is 18.1 Å². The minimum atomic E-state index is -3.90. The highest BCUT2D eigenvalue weighted by Gasteiger charge is 2.27. The second-order valence-corrected chi connectivity index (χ2v) is 7.98. The smallest absolute Gasteiger partial charge is 0.264 e. The molecular weight excluding hydrogens is 360 g/mol. The Morgan fingerprint density at radius 3 is 2.32 bits per heavy atom. The molecule has 1 amide bonds. The number of nitrogens with one attached hydrogen (secondary N) is 1. The number of benzene rings is 2. The van der Waals surface area contributed by atoms with E-state index in [1.54, 1.807) is 37.3 Å². The van der Waals surface area contributed by atoms with Gasteiger partial charge in [0.15, 0.2) is 0 Å². The van der Waals surface area contributed by atoms with Gasteiger partial charge in [-0.3, -0.25) is 9.10 Å². The lowest BCUT2D eigenvalue weighted by atomic mass is 10.2. The molecule has 0 heterocycles. The van der Waals surface area contributed by atoms with Gasteiger partial charge in [0.2, 0.25) is 5.91 Å². The summed E-state index contributed by atoms with van der Waals surface area (Å²) < 4.78 is 27.2. The molecule has 134 valence electrons. The van der Waals surface area contributed by atoms with Crippen molar-refractivity contribution < 1.29 is 13.2 Å². The molecule has 5 nitrogen and oxygen atoms in total. The van der Waals surface area contributed by atoms with Gasteiger partial charge in [-0.1, -0.05) is 35.4 Å². The number of likely N-dealkylation sites (N-methyl/N-ethyl adjacent to an activating group) is 1. The van der Waals surface area contributed by atoms with Gasteiger partial charge in [0, 0.05) is 11.6 Å². The third-order valence-electron chi connectivity index (χ3n) is 3.71. The van der Waals surface area contributed by atoms with E-state index >= 15 is 0 Å². The first kappa shape index (κ1) is 19.3. The minimum absolute atomic E-state index is 0.124. The summed E-state index contributed by atoms with van der Waals surface area (Å²) >= 11 is 6.15. The molecule has 0 aliphatic rings. The van der Waals surface area contributed by atoms with Crippen LogP contribution in [0.2, 0.25) is 5.02 Å². The van der Waals surface area contributed by atoms with E-state index in [1.807, 2.05) is 13.8 Å². The van der Waals surface area contributed by atoms with Crippen molar-refractivity contribution in [2.45, 2.75) is 25.7 Å². The van der Waals surface area contributed by atoms with Crippen molar-refractivity contribution in [3.8, 4) is 0 Å². The molecule has 0 saturated heterocycles. The monoisotopic (exact) mass is 380 g/mol. The van der Waals surface area contributed by atoms with E-state index in [9.17, 15) is 13.2 Å². The number of rotatable bonds is 6.